The van der Waals surface area contributed by atoms with E-state index in [9.17, 15) is 15.0 Å². The van der Waals surface area contributed by atoms with Crippen molar-refractivity contribution in [3.63, 3.8) is 0 Å². The molecule has 0 bridgehead atoms. The molecule has 6 rings (SSSR count). The highest BCUT2D eigenvalue weighted by Gasteiger charge is 2.48. The van der Waals surface area contributed by atoms with Crippen LogP contribution in [-0.4, -0.2) is 64.9 Å². The monoisotopic (exact) mass is 470 g/mol. The number of aliphatic hydroxyl groups is 2. The van der Waals surface area contributed by atoms with E-state index < -0.39 is 5.60 Å². The molecule has 172 valence electrons. The number of fused-ring (bicyclic) bond motifs is 3. The van der Waals surface area contributed by atoms with Gasteiger partial charge >= 0.3 is 0 Å². The van der Waals surface area contributed by atoms with Crippen LogP contribution in [0.15, 0.2) is 33.8 Å². The second-order valence-corrected chi connectivity index (χ2v) is 9.37. The average Bonchev–Trinajstić information content (AvgIpc) is 3.20. The molecule has 3 aromatic heterocycles. The Morgan fingerprint density at radius 2 is 1.97 bits per heavy atom. The molecule has 0 amide bonds. The highest BCUT2D eigenvalue weighted by molar-refractivity contribution is 6.31. The van der Waals surface area contributed by atoms with E-state index in [2.05, 4.69) is 20.0 Å². The van der Waals surface area contributed by atoms with E-state index >= 15 is 0 Å². The fraction of sp³-hybridized carbons (Fsp3) is 0.455. The Hall–Kier alpha value is -2.79. The Balaban J connectivity index is 1.46. The summed E-state index contributed by atoms with van der Waals surface area (Å²) in [5, 5.41) is 24.6. The predicted molar refractivity (Wildman–Crippen MR) is 120 cm³/mol. The lowest BCUT2D eigenvalue weighted by Crippen LogP contribution is -2.39. The molecule has 1 saturated heterocycles. The van der Waals surface area contributed by atoms with Crippen molar-refractivity contribution in [1.82, 2.24) is 29.0 Å². The van der Waals surface area contributed by atoms with Gasteiger partial charge in [-0.15, -0.1) is 0 Å². The molecule has 10 nitrogen and oxygen atoms in total. The van der Waals surface area contributed by atoms with Gasteiger partial charge in [0.15, 0.2) is 0 Å². The number of hydrogen-bond donors (Lipinski definition) is 2. The summed E-state index contributed by atoms with van der Waals surface area (Å²) in [6.45, 7) is 2.73. The van der Waals surface area contributed by atoms with Gasteiger partial charge in [-0.2, -0.15) is 4.98 Å². The average molecular weight is 471 g/mol. The van der Waals surface area contributed by atoms with Gasteiger partial charge in [0, 0.05) is 31.2 Å². The van der Waals surface area contributed by atoms with E-state index in [-0.39, 0.29) is 23.4 Å². The fourth-order valence-electron chi connectivity index (χ4n) is 4.50. The Bertz CT molecular complexity index is 1410. The molecule has 1 aliphatic heterocycles. The highest BCUT2D eigenvalue weighted by Crippen LogP contribution is 2.44. The predicted octanol–water partition coefficient (Wildman–Crippen LogP) is 1.79. The van der Waals surface area contributed by atoms with Gasteiger partial charge in [0.2, 0.25) is 5.82 Å². The maximum Gasteiger partial charge on any atom is 0.277 e. The Morgan fingerprint density at radius 3 is 2.73 bits per heavy atom. The van der Waals surface area contributed by atoms with Crippen molar-refractivity contribution in [3.05, 3.63) is 45.8 Å². The number of aliphatic hydroxyl groups excluding tert-OH is 1. The zero-order chi connectivity index (χ0) is 22.7. The number of halogens is 1. The Morgan fingerprint density at radius 1 is 1.18 bits per heavy atom. The molecule has 0 atom stereocenters. The van der Waals surface area contributed by atoms with Crippen molar-refractivity contribution in [3.8, 4) is 11.5 Å². The van der Waals surface area contributed by atoms with Crippen LogP contribution in [-0.2, 0) is 12.1 Å². The number of aromatic nitrogens is 5. The second kappa shape index (κ2) is 7.63. The van der Waals surface area contributed by atoms with E-state index in [4.69, 9.17) is 16.1 Å². The molecule has 1 saturated carbocycles. The summed E-state index contributed by atoms with van der Waals surface area (Å²) in [5.74, 6) is 0.327. The zero-order valence-corrected chi connectivity index (χ0v) is 18.6. The molecular weight excluding hydrogens is 448 g/mol. The van der Waals surface area contributed by atoms with E-state index in [0.717, 1.165) is 31.4 Å². The molecule has 2 N–H and O–H groups in total. The first kappa shape index (κ1) is 20.8. The smallest absolute Gasteiger partial charge is 0.277 e. The van der Waals surface area contributed by atoms with Gasteiger partial charge in [0.05, 0.1) is 17.1 Å². The lowest BCUT2D eigenvalue weighted by Gasteiger charge is -2.29. The fourth-order valence-corrected chi connectivity index (χ4v) is 4.67. The minimum absolute atomic E-state index is 0.152. The first-order valence-electron chi connectivity index (χ1n) is 11.1. The number of benzene rings is 1. The van der Waals surface area contributed by atoms with E-state index in [1.807, 2.05) is 6.07 Å². The normalized spacial score (nSPS) is 19.0. The van der Waals surface area contributed by atoms with Crippen molar-refractivity contribution < 1.29 is 14.7 Å². The van der Waals surface area contributed by atoms with Gasteiger partial charge < -0.3 is 24.2 Å². The number of piperidine rings is 1. The molecular formula is C22H23ClN6O4. The summed E-state index contributed by atoms with van der Waals surface area (Å²) >= 11 is 6.28. The lowest BCUT2D eigenvalue weighted by molar-refractivity contribution is 0.0810. The highest BCUT2D eigenvalue weighted by atomic mass is 35.5. The summed E-state index contributed by atoms with van der Waals surface area (Å²) in [6.07, 6.45) is 3.94. The first-order chi connectivity index (χ1) is 15.9. The Labute approximate surface area is 193 Å². The summed E-state index contributed by atoms with van der Waals surface area (Å²) < 4.78 is 8.69. The van der Waals surface area contributed by atoms with Crippen LogP contribution in [0.3, 0.4) is 0 Å². The minimum atomic E-state index is -1.06. The number of imidazole rings is 1. The van der Waals surface area contributed by atoms with Crippen molar-refractivity contribution in [2.75, 3.05) is 19.6 Å². The third-order valence-electron chi connectivity index (χ3n) is 6.66. The van der Waals surface area contributed by atoms with Crippen LogP contribution in [0, 0.1) is 0 Å². The van der Waals surface area contributed by atoms with Crippen molar-refractivity contribution in [2.24, 2.45) is 0 Å². The van der Waals surface area contributed by atoms with Gasteiger partial charge in [0.1, 0.15) is 23.1 Å². The SMILES string of the molecule is O=c1c2c(-c3noc(C4(O)CC4)n3)ncn2c2ccc(Cl)cc2n1CCN1CCC(O)CC1. The van der Waals surface area contributed by atoms with Crippen LogP contribution < -0.4 is 5.56 Å². The largest absolute Gasteiger partial charge is 0.393 e. The molecule has 1 aliphatic carbocycles. The third-order valence-corrected chi connectivity index (χ3v) is 6.89. The van der Waals surface area contributed by atoms with Crippen LogP contribution in [0.25, 0.3) is 28.1 Å². The quantitative estimate of drug-likeness (QED) is 0.452. The summed E-state index contributed by atoms with van der Waals surface area (Å²) in [5.41, 5.74) is 0.853. The van der Waals surface area contributed by atoms with Crippen LogP contribution >= 0.6 is 11.6 Å². The molecule has 0 radical (unpaired) electrons. The minimum Gasteiger partial charge on any atom is -0.393 e. The lowest BCUT2D eigenvalue weighted by atomic mass is 10.1. The topological polar surface area (TPSA) is 122 Å². The standard InChI is InChI=1S/C22H23ClN6O4/c23-13-1-2-15-16(11-13)28(10-9-27-7-3-14(30)4-8-27)20(31)18-17(24-12-29(15)18)19-25-21(33-26-19)22(32)5-6-22/h1-2,11-12,14,30,32H,3-10H2. The molecule has 33 heavy (non-hydrogen) atoms. The molecule has 4 aromatic rings. The van der Waals surface area contributed by atoms with Crippen molar-refractivity contribution in [2.45, 2.75) is 43.9 Å². The third kappa shape index (κ3) is 3.54. The maximum atomic E-state index is 13.7. The Kier molecular flexibility index (Phi) is 4.80. The molecule has 4 heterocycles. The van der Waals surface area contributed by atoms with Crippen molar-refractivity contribution >= 4 is 28.2 Å². The summed E-state index contributed by atoms with van der Waals surface area (Å²) in [6, 6.07) is 5.42. The molecule has 1 aromatic carbocycles. The van der Waals surface area contributed by atoms with E-state index in [0.29, 0.717) is 47.7 Å². The van der Waals surface area contributed by atoms with Gasteiger partial charge in [0.25, 0.3) is 11.4 Å². The summed E-state index contributed by atoms with van der Waals surface area (Å²) in [4.78, 5) is 24.7. The molecule has 2 aliphatic rings. The number of hydrogen-bond acceptors (Lipinski definition) is 8. The van der Waals surface area contributed by atoms with Gasteiger partial charge in [-0.1, -0.05) is 16.8 Å². The van der Waals surface area contributed by atoms with Gasteiger partial charge in [-0.3, -0.25) is 9.20 Å². The number of rotatable bonds is 5. The second-order valence-electron chi connectivity index (χ2n) is 8.93. The number of likely N-dealkylation sites (tertiary alicyclic amines) is 1. The van der Waals surface area contributed by atoms with Crippen LogP contribution in [0.4, 0.5) is 0 Å². The van der Waals surface area contributed by atoms with Crippen LogP contribution in [0.5, 0.6) is 0 Å². The van der Waals surface area contributed by atoms with Crippen molar-refractivity contribution in [1.29, 1.82) is 0 Å². The molecule has 0 spiro atoms. The maximum absolute atomic E-state index is 13.7. The molecule has 11 heteroatoms. The van der Waals surface area contributed by atoms with E-state index in [1.165, 1.54) is 0 Å². The first-order valence-corrected chi connectivity index (χ1v) is 11.5. The van der Waals surface area contributed by atoms with E-state index in [1.54, 1.807) is 27.4 Å². The van der Waals surface area contributed by atoms with Gasteiger partial charge in [-0.25, -0.2) is 4.98 Å². The molecule has 2 fully saturated rings. The molecule has 0 unspecified atom stereocenters. The van der Waals surface area contributed by atoms with Gasteiger partial charge in [-0.05, 0) is 43.9 Å². The zero-order valence-electron chi connectivity index (χ0n) is 17.8. The number of nitrogens with zero attached hydrogens (tertiary/aromatic N) is 6. The van der Waals surface area contributed by atoms with Crippen LogP contribution in [0.2, 0.25) is 5.02 Å². The van der Waals surface area contributed by atoms with Crippen LogP contribution in [0.1, 0.15) is 31.6 Å². The summed E-state index contributed by atoms with van der Waals surface area (Å²) in [7, 11) is 0.